The predicted octanol–water partition coefficient (Wildman–Crippen LogP) is 1.75. The van der Waals surface area contributed by atoms with Crippen LogP contribution in [0, 0.1) is 0 Å². The molecule has 0 aliphatic carbocycles. The Morgan fingerprint density at radius 3 is 2.79 bits per heavy atom. The summed E-state index contributed by atoms with van der Waals surface area (Å²) >= 11 is 0. The second kappa shape index (κ2) is 7.69. The number of imide groups is 1. The Morgan fingerprint density at radius 1 is 1.39 bits per heavy atom. The number of nitrogens with zero attached hydrogens (tertiary/aromatic N) is 1. The van der Waals surface area contributed by atoms with Crippen molar-refractivity contribution in [3.05, 3.63) is 23.3 Å². The van der Waals surface area contributed by atoms with E-state index in [2.05, 4.69) is 10.6 Å². The maximum atomic E-state index is 12.2. The van der Waals surface area contributed by atoms with E-state index in [-0.39, 0.29) is 37.4 Å². The molecule has 0 radical (unpaired) electrons. The molecular weight excluding hydrogens is 362 g/mol. The van der Waals surface area contributed by atoms with Crippen LogP contribution in [0.4, 0.5) is 4.79 Å². The third kappa shape index (κ3) is 4.05. The molecule has 2 aliphatic rings. The van der Waals surface area contributed by atoms with Crippen LogP contribution >= 0.6 is 0 Å². The lowest BCUT2D eigenvalue weighted by molar-refractivity contribution is -0.130. The first kappa shape index (κ1) is 20.0. The molecule has 2 heterocycles. The summed E-state index contributed by atoms with van der Waals surface area (Å²) in [6.45, 7) is 8.05. The molecule has 2 aliphatic heterocycles. The topological polar surface area (TPSA) is 97.0 Å². The smallest absolute Gasteiger partial charge is 0.325 e. The largest absolute Gasteiger partial charge is 0.494 e. The van der Waals surface area contributed by atoms with Gasteiger partial charge >= 0.3 is 6.03 Å². The first-order chi connectivity index (χ1) is 13.2. The van der Waals surface area contributed by atoms with Gasteiger partial charge in [0.15, 0.2) is 0 Å². The number of rotatable bonds is 7. The molecule has 1 aromatic carbocycles. The molecule has 1 aromatic rings. The highest BCUT2D eigenvalue weighted by atomic mass is 16.5. The van der Waals surface area contributed by atoms with Crippen LogP contribution in [0.15, 0.2) is 12.1 Å². The lowest BCUT2D eigenvalue weighted by atomic mass is 10.1. The van der Waals surface area contributed by atoms with Crippen LogP contribution in [0.25, 0.3) is 0 Å². The van der Waals surface area contributed by atoms with Crippen LogP contribution in [0.5, 0.6) is 11.5 Å². The van der Waals surface area contributed by atoms with E-state index in [1.807, 2.05) is 26.0 Å². The van der Waals surface area contributed by atoms with Crippen molar-refractivity contribution in [2.24, 2.45) is 0 Å². The SMILES string of the molecule is CCOc1cc2c(cc1CNC(=O)CCN1C(=O)NC(C)(C)C1=O)O[C@H](C)C2. The maximum Gasteiger partial charge on any atom is 0.325 e. The molecule has 0 aromatic heterocycles. The lowest BCUT2D eigenvalue weighted by Gasteiger charge is -2.16. The lowest BCUT2D eigenvalue weighted by Crippen LogP contribution is -2.40. The van der Waals surface area contributed by atoms with E-state index in [0.29, 0.717) is 6.61 Å². The number of ether oxygens (including phenoxy) is 2. The molecule has 0 unspecified atom stereocenters. The van der Waals surface area contributed by atoms with Crippen molar-refractivity contribution in [1.82, 2.24) is 15.5 Å². The molecule has 0 bridgehead atoms. The maximum absolute atomic E-state index is 12.2. The normalized spacial score (nSPS) is 19.9. The van der Waals surface area contributed by atoms with Crippen LogP contribution < -0.4 is 20.1 Å². The summed E-state index contributed by atoms with van der Waals surface area (Å²) in [4.78, 5) is 37.4. The minimum atomic E-state index is -0.929. The fraction of sp³-hybridized carbons (Fsp3) is 0.550. The van der Waals surface area contributed by atoms with Crippen molar-refractivity contribution in [3.8, 4) is 11.5 Å². The molecule has 0 saturated carbocycles. The Bertz CT molecular complexity index is 805. The quantitative estimate of drug-likeness (QED) is 0.693. The van der Waals surface area contributed by atoms with Crippen molar-refractivity contribution in [1.29, 1.82) is 0 Å². The van der Waals surface area contributed by atoms with Gasteiger partial charge in [0.05, 0.1) is 6.61 Å². The number of hydrogen-bond acceptors (Lipinski definition) is 5. The molecule has 3 rings (SSSR count). The third-order valence-corrected chi connectivity index (χ3v) is 4.86. The zero-order chi connectivity index (χ0) is 20.5. The number of benzene rings is 1. The predicted molar refractivity (Wildman–Crippen MR) is 102 cm³/mol. The Kier molecular flexibility index (Phi) is 5.49. The molecule has 8 heteroatoms. The van der Waals surface area contributed by atoms with Crippen LogP contribution in [0.2, 0.25) is 0 Å². The molecule has 1 fully saturated rings. The van der Waals surface area contributed by atoms with Crippen molar-refractivity contribution in [3.63, 3.8) is 0 Å². The van der Waals surface area contributed by atoms with Gasteiger partial charge in [-0.25, -0.2) is 4.79 Å². The molecular formula is C20H27N3O5. The Morgan fingerprint density at radius 2 is 2.14 bits per heavy atom. The van der Waals surface area contributed by atoms with E-state index in [1.54, 1.807) is 13.8 Å². The third-order valence-electron chi connectivity index (χ3n) is 4.86. The van der Waals surface area contributed by atoms with Gasteiger partial charge in [0.2, 0.25) is 5.91 Å². The molecule has 1 atom stereocenters. The molecule has 4 amide bonds. The van der Waals surface area contributed by atoms with E-state index in [4.69, 9.17) is 9.47 Å². The number of amides is 4. The van der Waals surface area contributed by atoms with Gasteiger partial charge in [0.25, 0.3) is 5.91 Å². The minimum absolute atomic E-state index is 0.0394. The van der Waals surface area contributed by atoms with Gasteiger partial charge in [-0.1, -0.05) is 0 Å². The standard InChI is InChI=1S/C20H27N3O5/c1-5-27-15-9-13-8-12(2)28-16(13)10-14(15)11-21-17(24)6-7-23-18(25)20(3,4)22-19(23)26/h9-10,12H,5-8,11H2,1-4H3,(H,21,24)(H,22,26)/t12-/m1/s1. The summed E-state index contributed by atoms with van der Waals surface area (Å²) in [5.74, 6) is 0.980. The van der Waals surface area contributed by atoms with E-state index < -0.39 is 11.6 Å². The number of fused-ring (bicyclic) bond motifs is 1. The summed E-state index contributed by atoms with van der Waals surface area (Å²) in [5.41, 5.74) is 1.01. The van der Waals surface area contributed by atoms with E-state index in [9.17, 15) is 14.4 Å². The van der Waals surface area contributed by atoms with Crippen molar-refractivity contribution in [2.45, 2.75) is 58.7 Å². The molecule has 0 spiro atoms. The second-order valence-corrected chi connectivity index (χ2v) is 7.67. The summed E-state index contributed by atoms with van der Waals surface area (Å²) in [5, 5.41) is 5.43. The molecule has 28 heavy (non-hydrogen) atoms. The number of urea groups is 1. The molecule has 1 saturated heterocycles. The highest BCUT2D eigenvalue weighted by Crippen LogP contribution is 2.35. The zero-order valence-corrected chi connectivity index (χ0v) is 16.8. The van der Waals surface area contributed by atoms with Gasteiger partial charge in [-0.2, -0.15) is 0 Å². The Labute approximate surface area is 164 Å². The summed E-state index contributed by atoms with van der Waals surface area (Å²) in [6.07, 6.45) is 1.00. The summed E-state index contributed by atoms with van der Waals surface area (Å²) in [6, 6.07) is 3.41. The van der Waals surface area contributed by atoms with Crippen LogP contribution in [-0.2, 0) is 22.6 Å². The number of carbonyl (C=O) groups is 3. The van der Waals surface area contributed by atoms with Crippen molar-refractivity contribution >= 4 is 17.8 Å². The van der Waals surface area contributed by atoms with Gasteiger partial charge in [0.1, 0.15) is 23.1 Å². The van der Waals surface area contributed by atoms with Gasteiger partial charge in [-0.3, -0.25) is 14.5 Å². The minimum Gasteiger partial charge on any atom is -0.494 e. The van der Waals surface area contributed by atoms with Gasteiger partial charge in [-0.15, -0.1) is 0 Å². The highest BCUT2D eigenvalue weighted by Gasteiger charge is 2.43. The van der Waals surface area contributed by atoms with E-state index in [0.717, 1.165) is 33.9 Å². The highest BCUT2D eigenvalue weighted by molar-refractivity contribution is 6.06. The van der Waals surface area contributed by atoms with Gasteiger partial charge in [-0.05, 0) is 39.8 Å². The Balaban J connectivity index is 1.58. The number of hydrogen-bond donors (Lipinski definition) is 2. The monoisotopic (exact) mass is 389 g/mol. The summed E-state index contributed by atoms with van der Waals surface area (Å²) < 4.78 is 11.5. The van der Waals surface area contributed by atoms with E-state index >= 15 is 0 Å². The van der Waals surface area contributed by atoms with E-state index in [1.165, 1.54) is 0 Å². The van der Waals surface area contributed by atoms with Crippen LogP contribution in [0.3, 0.4) is 0 Å². The summed E-state index contributed by atoms with van der Waals surface area (Å²) in [7, 11) is 0. The average Bonchev–Trinajstić information content (AvgIpc) is 3.06. The second-order valence-electron chi connectivity index (χ2n) is 7.67. The Hall–Kier alpha value is -2.77. The number of nitrogens with one attached hydrogen (secondary N) is 2. The first-order valence-electron chi connectivity index (χ1n) is 9.57. The van der Waals surface area contributed by atoms with Crippen LogP contribution in [0.1, 0.15) is 45.2 Å². The molecule has 2 N–H and O–H groups in total. The fourth-order valence-electron chi connectivity index (χ4n) is 3.43. The van der Waals surface area contributed by atoms with Crippen molar-refractivity contribution < 1.29 is 23.9 Å². The number of carbonyl (C=O) groups excluding carboxylic acids is 3. The fourth-order valence-corrected chi connectivity index (χ4v) is 3.43. The molecule has 152 valence electrons. The van der Waals surface area contributed by atoms with Gasteiger partial charge < -0.3 is 20.1 Å². The first-order valence-corrected chi connectivity index (χ1v) is 9.57. The van der Waals surface area contributed by atoms with Crippen LogP contribution in [-0.4, -0.2) is 47.5 Å². The van der Waals surface area contributed by atoms with Gasteiger partial charge in [0, 0.05) is 37.1 Å². The van der Waals surface area contributed by atoms with Crippen molar-refractivity contribution in [2.75, 3.05) is 13.2 Å². The molecule has 8 nitrogen and oxygen atoms in total. The average molecular weight is 389 g/mol. The zero-order valence-electron chi connectivity index (χ0n) is 16.8.